The molecule has 1 aliphatic rings. The number of ether oxygens (including phenoxy) is 1. The number of hydrogen-bond acceptors (Lipinski definition) is 6. The van der Waals surface area contributed by atoms with E-state index in [1.54, 1.807) is 10.8 Å². The average molecular weight is 496 g/mol. The van der Waals surface area contributed by atoms with Crippen LogP contribution in [0.3, 0.4) is 0 Å². The Bertz CT molecular complexity index is 1090. The van der Waals surface area contributed by atoms with Gasteiger partial charge in [-0.1, -0.05) is 43.9 Å². The quantitative estimate of drug-likeness (QED) is 0.255. The molecular weight excluding hydrogens is 458 g/mol. The van der Waals surface area contributed by atoms with Crippen LogP contribution in [0, 0.1) is 11.3 Å². The highest BCUT2D eigenvalue weighted by Crippen LogP contribution is 2.32. The second-order valence-electron chi connectivity index (χ2n) is 10.4. The minimum atomic E-state index is -1.23. The summed E-state index contributed by atoms with van der Waals surface area (Å²) in [5.74, 6) is -0.301. The summed E-state index contributed by atoms with van der Waals surface area (Å²) in [4.78, 5) is 17.6. The zero-order valence-electron chi connectivity index (χ0n) is 21.1. The van der Waals surface area contributed by atoms with E-state index in [0.29, 0.717) is 6.61 Å². The molecular formula is C27H37N3O4Si. The molecule has 0 amide bonds. The summed E-state index contributed by atoms with van der Waals surface area (Å²) < 4.78 is 7.45. The van der Waals surface area contributed by atoms with Crippen molar-refractivity contribution in [2.24, 2.45) is 0 Å². The number of rotatable bonds is 12. The van der Waals surface area contributed by atoms with Gasteiger partial charge in [-0.25, -0.2) is 4.98 Å². The highest BCUT2D eigenvalue weighted by molar-refractivity contribution is 6.76. The number of imidazole rings is 1. The number of benzene rings is 1. The van der Waals surface area contributed by atoms with Gasteiger partial charge in [0.25, 0.3) is 0 Å². The Morgan fingerprint density at radius 2 is 2.03 bits per heavy atom. The Morgan fingerprint density at radius 3 is 2.66 bits per heavy atom. The molecule has 0 unspecified atom stereocenters. The lowest BCUT2D eigenvalue weighted by atomic mass is 9.86. The molecule has 1 heterocycles. The molecule has 0 aliphatic heterocycles. The van der Waals surface area contributed by atoms with Crippen molar-refractivity contribution in [3.05, 3.63) is 58.7 Å². The van der Waals surface area contributed by atoms with Crippen LogP contribution in [-0.4, -0.2) is 53.4 Å². The standard InChI is InChI=1S/C27H37N3O4Si/c1-35(2,3)12-11-34-19-30-16-24(15-28)29-27(30)26(33)14-22-10-9-21(23(17-31)18-32)13-25(22)20-7-5-4-6-8-20/h7,9-10,13,16,23,31-32H,4-6,8,11-12,14,17-19H2,1-3H3. The van der Waals surface area contributed by atoms with E-state index in [0.717, 1.165) is 48.4 Å². The Labute approximate surface area is 209 Å². The van der Waals surface area contributed by atoms with Crippen LogP contribution in [0.4, 0.5) is 0 Å². The fourth-order valence-corrected chi connectivity index (χ4v) is 4.99. The maximum absolute atomic E-state index is 13.4. The third kappa shape index (κ3) is 7.45. The van der Waals surface area contributed by atoms with Crippen molar-refractivity contribution in [1.29, 1.82) is 5.26 Å². The number of carbonyl (C=O) groups excluding carboxylic acids is 1. The number of carbonyl (C=O) groups is 1. The molecule has 0 bridgehead atoms. The molecule has 2 aromatic rings. The fourth-order valence-electron chi connectivity index (χ4n) is 4.24. The second-order valence-corrected chi connectivity index (χ2v) is 16.1. The number of ketones is 1. The van der Waals surface area contributed by atoms with Crippen LogP contribution in [0.25, 0.3) is 5.57 Å². The van der Waals surface area contributed by atoms with Crippen molar-refractivity contribution in [2.45, 2.75) is 70.4 Å². The maximum Gasteiger partial charge on any atom is 0.202 e. The van der Waals surface area contributed by atoms with Crippen molar-refractivity contribution in [3.8, 4) is 6.07 Å². The van der Waals surface area contributed by atoms with Gasteiger partial charge in [-0.3, -0.25) is 4.79 Å². The van der Waals surface area contributed by atoms with E-state index in [4.69, 9.17) is 4.74 Å². The van der Waals surface area contributed by atoms with Crippen LogP contribution < -0.4 is 0 Å². The molecule has 188 valence electrons. The molecule has 0 radical (unpaired) electrons. The van der Waals surface area contributed by atoms with Gasteiger partial charge in [0.1, 0.15) is 12.8 Å². The smallest absolute Gasteiger partial charge is 0.202 e. The van der Waals surface area contributed by atoms with Crippen molar-refractivity contribution in [3.63, 3.8) is 0 Å². The maximum atomic E-state index is 13.4. The molecule has 1 aromatic heterocycles. The first-order valence-electron chi connectivity index (χ1n) is 12.4. The predicted molar refractivity (Wildman–Crippen MR) is 139 cm³/mol. The molecule has 8 heteroatoms. The zero-order chi connectivity index (χ0) is 25.4. The lowest BCUT2D eigenvalue weighted by Crippen LogP contribution is -2.22. The van der Waals surface area contributed by atoms with E-state index < -0.39 is 8.07 Å². The van der Waals surface area contributed by atoms with Crippen molar-refractivity contribution in [1.82, 2.24) is 9.55 Å². The predicted octanol–water partition coefficient (Wildman–Crippen LogP) is 4.52. The highest BCUT2D eigenvalue weighted by Gasteiger charge is 2.21. The number of aliphatic hydroxyl groups is 2. The van der Waals surface area contributed by atoms with E-state index in [1.165, 1.54) is 5.57 Å². The first-order chi connectivity index (χ1) is 16.8. The minimum Gasteiger partial charge on any atom is -0.396 e. The van der Waals surface area contributed by atoms with Crippen LogP contribution in [0.2, 0.25) is 25.7 Å². The van der Waals surface area contributed by atoms with Crippen LogP contribution in [0.1, 0.15) is 64.6 Å². The SMILES string of the molecule is C[Si](C)(C)CCOCn1cc(C#N)nc1C(=O)Cc1ccc(C(CO)CO)cc1C1=CCCCC1. The molecule has 7 nitrogen and oxygen atoms in total. The van der Waals surface area contributed by atoms with Crippen LogP contribution in [-0.2, 0) is 17.9 Å². The molecule has 0 fully saturated rings. The third-order valence-electron chi connectivity index (χ3n) is 6.40. The molecule has 35 heavy (non-hydrogen) atoms. The summed E-state index contributed by atoms with van der Waals surface area (Å²) in [6.07, 6.45) is 8.13. The van der Waals surface area contributed by atoms with Gasteiger partial charge in [-0.05, 0) is 54.0 Å². The van der Waals surface area contributed by atoms with E-state index in [9.17, 15) is 20.3 Å². The van der Waals surface area contributed by atoms with Gasteiger partial charge >= 0.3 is 0 Å². The number of Topliss-reactive ketones (excluding diaryl/α,β-unsaturated/α-hetero) is 1. The van der Waals surface area contributed by atoms with Crippen LogP contribution >= 0.6 is 0 Å². The van der Waals surface area contributed by atoms with Gasteiger partial charge in [0.15, 0.2) is 11.5 Å². The summed E-state index contributed by atoms with van der Waals surface area (Å²) in [5.41, 5.74) is 4.13. The second kappa shape index (κ2) is 12.4. The van der Waals surface area contributed by atoms with Crippen molar-refractivity contribution >= 4 is 19.4 Å². The molecule has 2 N–H and O–H groups in total. The topological polar surface area (TPSA) is 108 Å². The lowest BCUT2D eigenvalue weighted by molar-refractivity contribution is 0.0799. The Morgan fingerprint density at radius 1 is 1.26 bits per heavy atom. The van der Waals surface area contributed by atoms with Gasteiger partial charge in [0, 0.05) is 33.2 Å². The molecule has 0 saturated heterocycles. The third-order valence-corrected chi connectivity index (χ3v) is 8.11. The molecule has 0 atom stereocenters. The molecule has 0 spiro atoms. The van der Waals surface area contributed by atoms with Crippen molar-refractivity contribution < 1.29 is 19.7 Å². The Balaban J connectivity index is 1.85. The lowest BCUT2D eigenvalue weighted by Gasteiger charge is -2.20. The number of aliphatic hydroxyl groups excluding tert-OH is 2. The first kappa shape index (κ1) is 27.0. The average Bonchev–Trinajstić information content (AvgIpc) is 3.27. The van der Waals surface area contributed by atoms with E-state index >= 15 is 0 Å². The van der Waals surface area contributed by atoms with Gasteiger partial charge < -0.3 is 19.5 Å². The van der Waals surface area contributed by atoms with E-state index in [1.807, 2.05) is 24.3 Å². The monoisotopic (exact) mass is 495 g/mol. The summed E-state index contributed by atoms with van der Waals surface area (Å²) in [6, 6.07) is 8.84. The first-order valence-corrected chi connectivity index (χ1v) is 16.1. The molecule has 1 aromatic carbocycles. The van der Waals surface area contributed by atoms with Gasteiger partial charge in [0.05, 0.1) is 13.2 Å². The number of nitrogens with zero attached hydrogens (tertiary/aromatic N) is 3. The largest absolute Gasteiger partial charge is 0.396 e. The molecule has 3 rings (SSSR count). The fraction of sp³-hybridized carbons (Fsp3) is 0.519. The minimum absolute atomic E-state index is 0.140. The van der Waals surface area contributed by atoms with E-state index in [2.05, 4.69) is 30.7 Å². The normalized spacial score (nSPS) is 14.1. The van der Waals surface area contributed by atoms with Gasteiger partial charge in [0.2, 0.25) is 5.78 Å². The van der Waals surface area contributed by atoms with Gasteiger partial charge in [-0.2, -0.15) is 5.26 Å². The zero-order valence-corrected chi connectivity index (χ0v) is 22.1. The molecule has 0 saturated carbocycles. The Kier molecular flexibility index (Phi) is 9.58. The van der Waals surface area contributed by atoms with E-state index in [-0.39, 0.29) is 49.6 Å². The van der Waals surface area contributed by atoms with Crippen molar-refractivity contribution in [2.75, 3.05) is 19.8 Å². The number of aromatic nitrogens is 2. The summed E-state index contributed by atoms with van der Waals surface area (Å²) in [7, 11) is -1.23. The molecule has 1 aliphatic carbocycles. The van der Waals surface area contributed by atoms with Crippen LogP contribution in [0.5, 0.6) is 0 Å². The van der Waals surface area contributed by atoms with Gasteiger partial charge in [-0.15, -0.1) is 0 Å². The van der Waals surface area contributed by atoms with Crippen LogP contribution in [0.15, 0.2) is 30.5 Å². The summed E-state index contributed by atoms with van der Waals surface area (Å²) in [5, 5.41) is 28.7. The highest BCUT2D eigenvalue weighted by atomic mass is 28.3. The summed E-state index contributed by atoms with van der Waals surface area (Å²) in [6.45, 7) is 7.36. The number of nitriles is 1. The number of allylic oxidation sites excluding steroid dienone is 2. The number of hydrogen-bond donors (Lipinski definition) is 2. The summed E-state index contributed by atoms with van der Waals surface area (Å²) >= 11 is 0. The Hall–Kier alpha value is -2.57.